The van der Waals surface area contributed by atoms with Crippen molar-refractivity contribution in [2.75, 3.05) is 25.5 Å². The molecule has 0 heterocycles. The molecule has 2 rings (SSSR count). The lowest BCUT2D eigenvalue weighted by Gasteiger charge is -2.14. The molecule has 0 fully saturated rings. The number of anilines is 1. The van der Waals surface area contributed by atoms with E-state index in [1.807, 2.05) is 4.72 Å². The fourth-order valence-electron chi connectivity index (χ4n) is 2.28. The van der Waals surface area contributed by atoms with Crippen LogP contribution in [0.4, 0.5) is 15.8 Å². The van der Waals surface area contributed by atoms with Gasteiger partial charge in [0, 0.05) is 25.7 Å². The van der Waals surface area contributed by atoms with Crippen LogP contribution in [0.3, 0.4) is 0 Å². The Bertz CT molecular complexity index is 1050. The van der Waals surface area contributed by atoms with Gasteiger partial charge in [-0.15, -0.1) is 0 Å². The van der Waals surface area contributed by atoms with E-state index in [4.69, 9.17) is 16.3 Å². The first-order chi connectivity index (χ1) is 13.5. The minimum Gasteiger partial charge on any atom is -0.460 e. The van der Waals surface area contributed by atoms with Crippen LogP contribution in [0.5, 0.6) is 0 Å². The van der Waals surface area contributed by atoms with Gasteiger partial charge < -0.3 is 9.64 Å². The fourth-order valence-corrected chi connectivity index (χ4v) is 3.49. The van der Waals surface area contributed by atoms with Crippen molar-refractivity contribution in [2.45, 2.75) is 11.5 Å². The summed E-state index contributed by atoms with van der Waals surface area (Å²) in [4.78, 5) is 23.4. The number of ether oxygens (including phenoxy) is 1. The molecule has 0 spiro atoms. The SMILES string of the molecule is CN(C)c1ccc(S(=O)(=O)NCC(=O)OCc2ccc(F)cc2Cl)cc1[N+](=O)[O-]. The van der Waals surface area contributed by atoms with Gasteiger partial charge in [-0.05, 0) is 24.3 Å². The van der Waals surface area contributed by atoms with Crippen LogP contribution >= 0.6 is 11.6 Å². The van der Waals surface area contributed by atoms with Gasteiger partial charge in [-0.25, -0.2) is 12.8 Å². The van der Waals surface area contributed by atoms with Gasteiger partial charge in [0.2, 0.25) is 10.0 Å². The van der Waals surface area contributed by atoms with Gasteiger partial charge in [-0.2, -0.15) is 4.72 Å². The lowest BCUT2D eigenvalue weighted by molar-refractivity contribution is -0.384. The second kappa shape index (κ2) is 9.16. The topological polar surface area (TPSA) is 119 Å². The second-order valence-electron chi connectivity index (χ2n) is 6.02. The van der Waals surface area contributed by atoms with Crippen LogP contribution in [-0.4, -0.2) is 40.0 Å². The molecular weight excluding hydrogens is 429 g/mol. The summed E-state index contributed by atoms with van der Waals surface area (Å²) in [6.45, 7) is -0.979. The van der Waals surface area contributed by atoms with Crippen LogP contribution in [0.25, 0.3) is 0 Å². The van der Waals surface area contributed by atoms with Gasteiger partial charge in [-0.3, -0.25) is 14.9 Å². The Labute approximate surface area is 171 Å². The number of nitro groups is 1. The lowest BCUT2D eigenvalue weighted by Crippen LogP contribution is -2.30. The number of nitrogens with zero attached hydrogens (tertiary/aromatic N) is 2. The molecule has 0 amide bonds. The molecule has 12 heteroatoms. The molecule has 0 saturated heterocycles. The number of hydrogen-bond donors (Lipinski definition) is 1. The van der Waals surface area contributed by atoms with Crippen molar-refractivity contribution in [2.24, 2.45) is 0 Å². The Hall–Kier alpha value is -2.76. The molecule has 0 bridgehead atoms. The molecule has 0 aromatic heterocycles. The van der Waals surface area contributed by atoms with Crippen molar-refractivity contribution in [1.29, 1.82) is 0 Å². The zero-order valence-corrected chi connectivity index (χ0v) is 17.0. The summed E-state index contributed by atoms with van der Waals surface area (Å²) in [5.41, 5.74) is 0.176. The van der Waals surface area contributed by atoms with E-state index in [-0.39, 0.29) is 22.2 Å². The molecule has 0 aliphatic heterocycles. The van der Waals surface area contributed by atoms with Crippen molar-refractivity contribution in [1.82, 2.24) is 4.72 Å². The van der Waals surface area contributed by atoms with Crippen molar-refractivity contribution in [3.05, 3.63) is 62.9 Å². The van der Waals surface area contributed by atoms with Crippen LogP contribution < -0.4 is 9.62 Å². The predicted octanol–water partition coefficient (Wildman–Crippen LogP) is 2.48. The van der Waals surface area contributed by atoms with Gasteiger partial charge >= 0.3 is 5.97 Å². The zero-order valence-electron chi connectivity index (χ0n) is 15.4. The summed E-state index contributed by atoms with van der Waals surface area (Å²) in [5, 5.41) is 11.3. The molecule has 156 valence electrons. The Morgan fingerprint density at radius 3 is 2.55 bits per heavy atom. The molecule has 0 aliphatic rings. The first-order valence-electron chi connectivity index (χ1n) is 8.06. The minimum atomic E-state index is -4.20. The number of sulfonamides is 1. The maximum absolute atomic E-state index is 13.0. The van der Waals surface area contributed by atoms with E-state index in [2.05, 4.69) is 0 Å². The van der Waals surface area contributed by atoms with Crippen molar-refractivity contribution in [3.63, 3.8) is 0 Å². The van der Waals surface area contributed by atoms with E-state index in [0.717, 1.165) is 18.2 Å². The maximum Gasteiger partial charge on any atom is 0.321 e. The van der Waals surface area contributed by atoms with Crippen molar-refractivity contribution >= 4 is 39.0 Å². The molecule has 9 nitrogen and oxygen atoms in total. The Morgan fingerprint density at radius 1 is 1.28 bits per heavy atom. The normalized spacial score (nSPS) is 11.2. The lowest BCUT2D eigenvalue weighted by atomic mass is 10.2. The zero-order chi connectivity index (χ0) is 21.8. The standard InChI is InChI=1S/C17H17ClFN3O6S/c1-21(2)15-6-5-13(8-16(15)22(24)25)29(26,27)20-9-17(23)28-10-11-3-4-12(19)7-14(11)18/h3-8,20H,9-10H2,1-2H3. The highest BCUT2D eigenvalue weighted by atomic mass is 35.5. The Morgan fingerprint density at radius 2 is 1.97 bits per heavy atom. The van der Waals surface area contributed by atoms with Gasteiger partial charge in [0.15, 0.2) is 0 Å². The van der Waals surface area contributed by atoms with Crippen molar-refractivity contribution < 1.29 is 27.3 Å². The molecule has 29 heavy (non-hydrogen) atoms. The molecule has 2 aromatic rings. The summed E-state index contributed by atoms with van der Waals surface area (Å²) in [5.74, 6) is -1.46. The summed E-state index contributed by atoms with van der Waals surface area (Å²) in [6, 6.07) is 6.91. The highest BCUT2D eigenvalue weighted by Gasteiger charge is 2.23. The second-order valence-corrected chi connectivity index (χ2v) is 8.20. The predicted molar refractivity (Wildman–Crippen MR) is 104 cm³/mol. The molecular formula is C17H17ClFN3O6S. The quantitative estimate of drug-likeness (QED) is 0.376. The van der Waals surface area contributed by atoms with E-state index in [1.165, 1.54) is 23.1 Å². The third-order valence-corrected chi connectivity index (χ3v) is 5.50. The van der Waals surface area contributed by atoms with Gasteiger partial charge in [-0.1, -0.05) is 17.7 Å². The Kier molecular flexibility index (Phi) is 7.11. The molecule has 0 aliphatic carbocycles. The number of rotatable bonds is 8. The fraction of sp³-hybridized carbons (Fsp3) is 0.235. The smallest absolute Gasteiger partial charge is 0.321 e. The summed E-state index contributed by atoms with van der Waals surface area (Å²) < 4.78 is 44.6. The van der Waals surface area contributed by atoms with Crippen LogP contribution in [-0.2, 0) is 26.2 Å². The average molecular weight is 446 g/mol. The first kappa shape index (κ1) is 22.5. The van der Waals surface area contributed by atoms with Gasteiger partial charge in [0.1, 0.15) is 24.7 Å². The largest absolute Gasteiger partial charge is 0.460 e. The number of carbonyl (C=O) groups excluding carboxylic acids is 1. The van der Waals surface area contributed by atoms with E-state index in [1.54, 1.807) is 14.1 Å². The first-order valence-corrected chi connectivity index (χ1v) is 9.92. The highest BCUT2D eigenvalue weighted by molar-refractivity contribution is 7.89. The number of esters is 1. The molecule has 0 atom stereocenters. The maximum atomic E-state index is 13.0. The summed E-state index contributed by atoms with van der Waals surface area (Å²) in [6.07, 6.45) is 0. The molecule has 2 aromatic carbocycles. The number of nitro benzene ring substituents is 1. The minimum absolute atomic E-state index is 0.0617. The monoisotopic (exact) mass is 445 g/mol. The molecule has 0 saturated carbocycles. The van der Waals surface area contributed by atoms with E-state index >= 15 is 0 Å². The van der Waals surface area contributed by atoms with E-state index in [0.29, 0.717) is 5.56 Å². The van der Waals surface area contributed by atoms with Gasteiger partial charge in [0.05, 0.1) is 14.8 Å². The number of carbonyl (C=O) groups is 1. The molecule has 0 unspecified atom stereocenters. The molecule has 1 N–H and O–H groups in total. The highest BCUT2D eigenvalue weighted by Crippen LogP contribution is 2.29. The van der Waals surface area contributed by atoms with E-state index in [9.17, 15) is 27.7 Å². The average Bonchev–Trinajstić information content (AvgIpc) is 2.65. The molecule has 0 radical (unpaired) electrons. The van der Waals surface area contributed by atoms with Gasteiger partial charge in [0.25, 0.3) is 5.69 Å². The summed E-state index contributed by atoms with van der Waals surface area (Å²) in [7, 11) is -1.04. The number of nitrogens with one attached hydrogen (secondary N) is 1. The number of benzene rings is 2. The van der Waals surface area contributed by atoms with Crippen LogP contribution in [0.2, 0.25) is 5.02 Å². The van der Waals surface area contributed by atoms with Crippen LogP contribution in [0.15, 0.2) is 41.3 Å². The summed E-state index contributed by atoms with van der Waals surface area (Å²) >= 11 is 5.82. The van der Waals surface area contributed by atoms with Crippen LogP contribution in [0, 0.1) is 15.9 Å². The van der Waals surface area contributed by atoms with Crippen molar-refractivity contribution in [3.8, 4) is 0 Å². The van der Waals surface area contributed by atoms with E-state index < -0.39 is 39.0 Å². The third kappa shape index (κ3) is 5.86. The third-order valence-electron chi connectivity index (χ3n) is 3.75. The van der Waals surface area contributed by atoms with Crippen LogP contribution in [0.1, 0.15) is 5.56 Å². The number of hydrogen-bond acceptors (Lipinski definition) is 7. The Balaban J connectivity index is 2.04. The number of halogens is 2.